The van der Waals surface area contributed by atoms with Crippen LogP contribution in [0.4, 0.5) is 0 Å². The number of hydrogen-bond donors (Lipinski definition) is 2. The van der Waals surface area contributed by atoms with Gasteiger partial charge in [-0.2, -0.15) is 0 Å². The summed E-state index contributed by atoms with van der Waals surface area (Å²) in [5.41, 5.74) is 1.17. The van der Waals surface area contributed by atoms with Crippen LogP contribution in [0.1, 0.15) is 12.5 Å². The molecule has 0 bridgehead atoms. The molecular weight excluding hydrogens is 417 g/mol. The van der Waals surface area contributed by atoms with Gasteiger partial charge < -0.3 is 19.9 Å². The van der Waals surface area contributed by atoms with E-state index in [1.54, 1.807) is 13.3 Å². The van der Waals surface area contributed by atoms with Crippen molar-refractivity contribution >= 4 is 29.9 Å². The van der Waals surface area contributed by atoms with E-state index in [-0.39, 0.29) is 24.0 Å². The topological polar surface area (TPSA) is 63.5 Å². The van der Waals surface area contributed by atoms with Crippen molar-refractivity contribution in [3.63, 3.8) is 0 Å². The third-order valence-electron chi connectivity index (χ3n) is 3.41. The first-order valence-corrected chi connectivity index (χ1v) is 7.93. The Labute approximate surface area is 160 Å². The largest absolute Gasteiger partial charge is 0.496 e. The monoisotopic (exact) mass is 443 g/mol. The highest BCUT2D eigenvalue weighted by atomic mass is 127. The van der Waals surface area contributed by atoms with E-state index in [4.69, 9.17) is 4.74 Å². The lowest BCUT2D eigenvalue weighted by Crippen LogP contribution is -2.39. The molecule has 1 aromatic heterocycles. The predicted molar refractivity (Wildman–Crippen MR) is 108 cm³/mol. The summed E-state index contributed by atoms with van der Waals surface area (Å²) in [6.07, 6.45) is 6.40. The molecule has 24 heavy (non-hydrogen) atoms. The van der Waals surface area contributed by atoms with Gasteiger partial charge in [0.2, 0.25) is 0 Å². The summed E-state index contributed by atoms with van der Waals surface area (Å²) in [5.74, 6) is 1.75. The molecule has 0 fully saturated rings. The van der Waals surface area contributed by atoms with Crippen LogP contribution in [-0.2, 0) is 13.0 Å². The maximum Gasteiger partial charge on any atom is 0.191 e. The van der Waals surface area contributed by atoms with Gasteiger partial charge in [-0.3, -0.25) is 4.99 Å². The summed E-state index contributed by atoms with van der Waals surface area (Å²) in [4.78, 5) is 8.65. The van der Waals surface area contributed by atoms with Gasteiger partial charge in [0.15, 0.2) is 5.96 Å². The Bertz CT molecular complexity index is 601. The zero-order valence-corrected chi connectivity index (χ0v) is 16.6. The summed E-state index contributed by atoms with van der Waals surface area (Å²) >= 11 is 0. The van der Waals surface area contributed by atoms with Gasteiger partial charge in [0.1, 0.15) is 5.75 Å². The third-order valence-corrected chi connectivity index (χ3v) is 3.41. The first-order valence-electron chi connectivity index (χ1n) is 7.93. The summed E-state index contributed by atoms with van der Waals surface area (Å²) in [7, 11) is 1.70. The summed E-state index contributed by atoms with van der Waals surface area (Å²) in [6.45, 7) is 5.27. The van der Waals surface area contributed by atoms with Crippen molar-refractivity contribution in [1.29, 1.82) is 0 Å². The quantitative estimate of drug-likeness (QED) is 0.374. The van der Waals surface area contributed by atoms with Crippen LogP contribution >= 0.6 is 24.0 Å². The number of aliphatic imine (C=N–C) groups is 1. The molecule has 0 aliphatic carbocycles. The molecule has 2 rings (SSSR count). The van der Waals surface area contributed by atoms with Gasteiger partial charge in [0, 0.05) is 38.6 Å². The minimum atomic E-state index is 0. The van der Waals surface area contributed by atoms with Gasteiger partial charge in [-0.15, -0.1) is 24.0 Å². The Morgan fingerprint density at radius 2 is 2.12 bits per heavy atom. The van der Waals surface area contributed by atoms with Crippen LogP contribution in [0.5, 0.6) is 5.75 Å². The molecule has 0 amide bonds. The van der Waals surface area contributed by atoms with Crippen molar-refractivity contribution in [2.24, 2.45) is 4.99 Å². The van der Waals surface area contributed by atoms with Crippen molar-refractivity contribution in [3.8, 4) is 5.75 Å². The second kappa shape index (κ2) is 11.7. The van der Waals surface area contributed by atoms with Crippen LogP contribution < -0.4 is 15.4 Å². The van der Waals surface area contributed by atoms with Crippen molar-refractivity contribution in [1.82, 2.24) is 20.2 Å². The van der Waals surface area contributed by atoms with E-state index in [0.29, 0.717) is 6.54 Å². The van der Waals surface area contributed by atoms with E-state index in [1.165, 1.54) is 5.56 Å². The first kappa shape index (κ1) is 20.3. The molecule has 0 aliphatic rings. The highest BCUT2D eigenvalue weighted by Gasteiger charge is 2.02. The molecule has 0 unspecified atom stereocenters. The van der Waals surface area contributed by atoms with E-state index in [9.17, 15) is 0 Å². The smallest absolute Gasteiger partial charge is 0.191 e. The molecular formula is C17H26IN5O. The van der Waals surface area contributed by atoms with Crippen LogP contribution in [0.2, 0.25) is 0 Å². The van der Waals surface area contributed by atoms with Gasteiger partial charge in [-0.1, -0.05) is 18.2 Å². The minimum Gasteiger partial charge on any atom is -0.496 e. The Morgan fingerprint density at radius 3 is 2.83 bits per heavy atom. The third kappa shape index (κ3) is 6.77. The molecule has 0 saturated carbocycles. The predicted octanol–water partition coefficient (Wildman–Crippen LogP) is 2.31. The molecule has 132 valence electrons. The molecule has 1 aromatic carbocycles. The second-order valence-electron chi connectivity index (χ2n) is 5.05. The first-order chi connectivity index (χ1) is 11.3. The van der Waals surface area contributed by atoms with E-state index in [1.807, 2.05) is 35.3 Å². The number of aromatic nitrogens is 2. The molecule has 7 heteroatoms. The number of benzene rings is 1. The average Bonchev–Trinajstić information content (AvgIpc) is 3.08. The van der Waals surface area contributed by atoms with Crippen LogP contribution in [0.3, 0.4) is 0 Å². The maximum absolute atomic E-state index is 5.37. The fourth-order valence-corrected chi connectivity index (χ4v) is 2.26. The van der Waals surface area contributed by atoms with Crippen LogP contribution in [-0.4, -0.2) is 42.3 Å². The number of ether oxygens (including phenoxy) is 1. The van der Waals surface area contributed by atoms with E-state index in [0.717, 1.165) is 37.8 Å². The van der Waals surface area contributed by atoms with Gasteiger partial charge in [0.25, 0.3) is 0 Å². The van der Waals surface area contributed by atoms with Crippen LogP contribution in [0, 0.1) is 0 Å². The molecule has 2 N–H and O–H groups in total. The second-order valence-corrected chi connectivity index (χ2v) is 5.05. The highest BCUT2D eigenvalue weighted by Crippen LogP contribution is 2.17. The van der Waals surface area contributed by atoms with Crippen molar-refractivity contribution < 1.29 is 4.74 Å². The molecule has 0 atom stereocenters. The molecule has 0 saturated heterocycles. The fourth-order valence-electron chi connectivity index (χ4n) is 2.26. The number of para-hydroxylation sites is 1. The molecule has 0 radical (unpaired) electrons. The molecule has 6 nitrogen and oxygen atoms in total. The van der Waals surface area contributed by atoms with Gasteiger partial charge in [-0.25, -0.2) is 4.98 Å². The van der Waals surface area contributed by atoms with Gasteiger partial charge in [-0.05, 0) is 25.0 Å². The maximum atomic E-state index is 5.37. The number of hydrogen-bond acceptors (Lipinski definition) is 3. The zero-order valence-electron chi connectivity index (χ0n) is 14.2. The number of rotatable bonds is 8. The lowest BCUT2D eigenvalue weighted by atomic mass is 10.1. The fraction of sp³-hybridized carbons (Fsp3) is 0.412. The number of nitrogens with zero attached hydrogens (tertiary/aromatic N) is 3. The van der Waals surface area contributed by atoms with E-state index in [2.05, 4.69) is 33.6 Å². The van der Waals surface area contributed by atoms with Crippen molar-refractivity contribution in [2.45, 2.75) is 19.9 Å². The molecule has 0 spiro atoms. The number of halogens is 1. The number of nitrogens with one attached hydrogen (secondary N) is 2. The molecule has 0 aliphatic heterocycles. The average molecular weight is 443 g/mol. The normalized spacial score (nSPS) is 10.8. The molecule has 1 heterocycles. The minimum absolute atomic E-state index is 0. The standard InChI is InChI=1S/C17H25N5O.HI/c1-3-19-17(21-11-13-22-12-10-18-14-22)20-9-8-15-6-4-5-7-16(15)23-2;/h4-7,10,12,14H,3,8-9,11,13H2,1-2H3,(H2,19,20,21);1H. The number of imidazole rings is 1. The Balaban J connectivity index is 0.00000288. The van der Waals surface area contributed by atoms with Crippen LogP contribution in [0.25, 0.3) is 0 Å². The number of guanidine groups is 1. The SMILES string of the molecule is CCNC(=NCCc1ccccc1OC)NCCn1ccnc1.I. The summed E-state index contributed by atoms with van der Waals surface area (Å²) in [6, 6.07) is 8.06. The zero-order chi connectivity index (χ0) is 16.3. The van der Waals surface area contributed by atoms with E-state index < -0.39 is 0 Å². The van der Waals surface area contributed by atoms with Crippen molar-refractivity contribution in [2.75, 3.05) is 26.7 Å². The lowest BCUT2D eigenvalue weighted by molar-refractivity contribution is 0.410. The van der Waals surface area contributed by atoms with Gasteiger partial charge in [0.05, 0.1) is 13.4 Å². The van der Waals surface area contributed by atoms with Crippen LogP contribution in [0.15, 0.2) is 48.0 Å². The lowest BCUT2D eigenvalue weighted by Gasteiger charge is -2.12. The highest BCUT2D eigenvalue weighted by molar-refractivity contribution is 14.0. The Kier molecular flexibility index (Phi) is 9.90. The number of methoxy groups -OCH3 is 1. The Hall–Kier alpha value is -1.77. The summed E-state index contributed by atoms with van der Waals surface area (Å²) < 4.78 is 7.40. The Morgan fingerprint density at radius 1 is 1.29 bits per heavy atom. The van der Waals surface area contributed by atoms with Crippen molar-refractivity contribution in [3.05, 3.63) is 48.5 Å². The summed E-state index contributed by atoms with van der Waals surface area (Å²) in [5, 5.41) is 6.59. The van der Waals surface area contributed by atoms with Gasteiger partial charge >= 0.3 is 0 Å². The molecule has 2 aromatic rings. The van der Waals surface area contributed by atoms with E-state index >= 15 is 0 Å².